The molecule has 2 rings (SSSR count). The molecule has 0 heterocycles. The van der Waals surface area contributed by atoms with E-state index in [1.54, 1.807) is 0 Å². The Morgan fingerprint density at radius 1 is 0.882 bits per heavy atom. The van der Waals surface area contributed by atoms with E-state index in [1.807, 2.05) is 0 Å². The zero-order chi connectivity index (χ0) is 11.9. The molecular formula is C14H29NOSi. The zero-order valence-corrected chi connectivity index (χ0v) is 12.6. The highest BCUT2D eigenvalue weighted by Gasteiger charge is 2.31. The van der Waals surface area contributed by atoms with E-state index < -0.39 is 9.92 Å². The third-order valence-electron chi connectivity index (χ3n) is 4.94. The number of nitrogens with two attached hydrogens (primary N) is 1. The molecule has 2 aliphatic rings. The third-order valence-corrected chi connectivity index (χ3v) is 5.41. The standard InChI is InChI=1S/C14H29NOSi/c15-17-16-11-14(12-7-3-1-4-8-12)13-9-5-2-6-10-13/h12-14H,1-11,15,17H2. The van der Waals surface area contributed by atoms with Crippen LogP contribution in [0.3, 0.4) is 0 Å². The summed E-state index contributed by atoms with van der Waals surface area (Å²) >= 11 is 0. The lowest BCUT2D eigenvalue weighted by Gasteiger charge is -2.37. The van der Waals surface area contributed by atoms with E-state index in [2.05, 4.69) is 0 Å². The van der Waals surface area contributed by atoms with Crippen molar-refractivity contribution in [1.82, 2.24) is 0 Å². The Morgan fingerprint density at radius 2 is 1.35 bits per heavy atom. The van der Waals surface area contributed by atoms with Gasteiger partial charge in [0.1, 0.15) is 0 Å². The van der Waals surface area contributed by atoms with Gasteiger partial charge in [0.15, 0.2) is 0 Å². The summed E-state index contributed by atoms with van der Waals surface area (Å²) in [5.41, 5.74) is 0. The molecule has 3 heteroatoms. The molecule has 2 fully saturated rings. The lowest BCUT2D eigenvalue weighted by atomic mass is 9.70. The summed E-state index contributed by atoms with van der Waals surface area (Å²) in [6.07, 6.45) is 14.5. The monoisotopic (exact) mass is 255 g/mol. The molecule has 0 amide bonds. The van der Waals surface area contributed by atoms with Crippen LogP contribution in [-0.4, -0.2) is 16.5 Å². The van der Waals surface area contributed by atoms with Gasteiger partial charge in [0.2, 0.25) is 9.92 Å². The maximum atomic E-state index is 5.72. The first-order chi connectivity index (χ1) is 8.42. The highest BCUT2D eigenvalue weighted by molar-refractivity contribution is 6.22. The molecule has 0 bridgehead atoms. The van der Waals surface area contributed by atoms with E-state index in [4.69, 9.17) is 9.83 Å². The summed E-state index contributed by atoms with van der Waals surface area (Å²) in [6.45, 7) is 0.984. The fraction of sp³-hybridized carbons (Fsp3) is 1.00. The molecule has 2 saturated carbocycles. The maximum absolute atomic E-state index is 5.72. The van der Waals surface area contributed by atoms with Crippen molar-refractivity contribution in [1.29, 1.82) is 0 Å². The van der Waals surface area contributed by atoms with Crippen LogP contribution in [0.1, 0.15) is 64.2 Å². The Labute approximate surface area is 109 Å². The van der Waals surface area contributed by atoms with Crippen LogP contribution in [-0.2, 0) is 4.43 Å². The highest BCUT2D eigenvalue weighted by atomic mass is 28.2. The smallest absolute Gasteiger partial charge is 0.233 e. The SMILES string of the molecule is N[SiH2]OCC(C1CCCCC1)C1CCCCC1. The molecule has 2 aliphatic carbocycles. The van der Waals surface area contributed by atoms with Crippen LogP contribution in [0.25, 0.3) is 0 Å². The van der Waals surface area contributed by atoms with Crippen molar-refractivity contribution in [3.63, 3.8) is 0 Å². The molecule has 0 aromatic rings. The van der Waals surface area contributed by atoms with Crippen molar-refractivity contribution in [2.45, 2.75) is 64.2 Å². The van der Waals surface area contributed by atoms with Gasteiger partial charge >= 0.3 is 0 Å². The van der Waals surface area contributed by atoms with Gasteiger partial charge in [-0.2, -0.15) is 0 Å². The van der Waals surface area contributed by atoms with Crippen LogP contribution in [0.2, 0.25) is 0 Å². The van der Waals surface area contributed by atoms with Crippen molar-refractivity contribution < 1.29 is 4.43 Å². The molecule has 0 unspecified atom stereocenters. The van der Waals surface area contributed by atoms with E-state index in [1.165, 1.54) is 64.2 Å². The summed E-state index contributed by atoms with van der Waals surface area (Å²) in [5.74, 6) is 2.74. The lowest BCUT2D eigenvalue weighted by Crippen LogP contribution is -2.32. The maximum Gasteiger partial charge on any atom is 0.233 e. The lowest BCUT2D eigenvalue weighted by molar-refractivity contribution is 0.0910. The van der Waals surface area contributed by atoms with Crippen molar-refractivity contribution in [2.24, 2.45) is 23.2 Å². The van der Waals surface area contributed by atoms with Crippen LogP contribution in [0.4, 0.5) is 0 Å². The van der Waals surface area contributed by atoms with E-state index in [9.17, 15) is 0 Å². The number of rotatable bonds is 5. The fourth-order valence-electron chi connectivity index (χ4n) is 3.99. The van der Waals surface area contributed by atoms with Crippen molar-refractivity contribution in [2.75, 3.05) is 6.61 Å². The Morgan fingerprint density at radius 3 is 1.76 bits per heavy atom. The Kier molecular flexibility index (Phi) is 6.02. The van der Waals surface area contributed by atoms with Gasteiger partial charge in [0, 0.05) is 6.61 Å². The summed E-state index contributed by atoms with van der Waals surface area (Å²) in [4.78, 5) is 0. The molecule has 0 spiro atoms. The van der Waals surface area contributed by atoms with Gasteiger partial charge in [0.25, 0.3) is 0 Å². The molecule has 0 aliphatic heterocycles. The molecule has 0 aromatic heterocycles. The molecule has 0 radical (unpaired) electrons. The van der Waals surface area contributed by atoms with Gasteiger partial charge in [-0.25, -0.2) is 0 Å². The minimum atomic E-state index is -0.700. The van der Waals surface area contributed by atoms with E-state index in [0.717, 1.165) is 24.4 Å². The first-order valence-corrected chi connectivity index (χ1v) is 9.09. The largest absolute Gasteiger partial charge is 0.408 e. The Bertz CT molecular complexity index is 182. The summed E-state index contributed by atoms with van der Waals surface area (Å²) in [6, 6.07) is 0. The van der Waals surface area contributed by atoms with Crippen LogP contribution in [0.15, 0.2) is 0 Å². The second-order valence-corrected chi connectivity index (χ2v) is 6.74. The number of hydrogen-bond acceptors (Lipinski definition) is 2. The van der Waals surface area contributed by atoms with Gasteiger partial charge in [0.05, 0.1) is 0 Å². The second-order valence-electron chi connectivity index (χ2n) is 6.00. The second kappa shape index (κ2) is 7.55. The average Bonchev–Trinajstić information content (AvgIpc) is 2.42. The van der Waals surface area contributed by atoms with Crippen molar-refractivity contribution in [3.8, 4) is 0 Å². The first kappa shape index (κ1) is 13.6. The van der Waals surface area contributed by atoms with Crippen LogP contribution in [0, 0.1) is 17.8 Å². The normalized spacial score (nSPS) is 25.1. The Balaban J connectivity index is 1.90. The molecular weight excluding hydrogens is 226 g/mol. The minimum absolute atomic E-state index is 0.700. The molecule has 2 N–H and O–H groups in total. The van der Waals surface area contributed by atoms with E-state index in [-0.39, 0.29) is 0 Å². The molecule has 17 heavy (non-hydrogen) atoms. The molecule has 2 nitrogen and oxygen atoms in total. The summed E-state index contributed by atoms with van der Waals surface area (Å²) in [5, 5.41) is 5.65. The fourth-order valence-corrected chi connectivity index (χ4v) is 4.39. The molecule has 0 atom stereocenters. The van der Waals surface area contributed by atoms with Gasteiger partial charge in [-0.05, 0) is 17.8 Å². The predicted octanol–water partition coefficient (Wildman–Crippen LogP) is 2.74. The first-order valence-electron chi connectivity index (χ1n) is 7.69. The third kappa shape index (κ3) is 4.07. The minimum Gasteiger partial charge on any atom is -0.408 e. The van der Waals surface area contributed by atoms with Crippen molar-refractivity contribution >= 4 is 9.92 Å². The van der Waals surface area contributed by atoms with E-state index >= 15 is 0 Å². The van der Waals surface area contributed by atoms with Gasteiger partial charge in [-0.1, -0.05) is 64.2 Å². The predicted molar refractivity (Wildman–Crippen MR) is 75.3 cm³/mol. The van der Waals surface area contributed by atoms with Crippen molar-refractivity contribution in [3.05, 3.63) is 0 Å². The van der Waals surface area contributed by atoms with E-state index in [0.29, 0.717) is 0 Å². The summed E-state index contributed by atoms with van der Waals surface area (Å²) < 4.78 is 5.72. The summed E-state index contributed by atoms with van der Waals surface area (Å²) in [7, 11) is -0.700. The molecule has 0 saturated heterocycles. The molecule has 100 valence electrons. The average molecular weight is 255 g/mol. The van der Waals surface area contributed by atoms with Gasteiger partial charge in [-0.3, -0.25) is 0 Å². The zero-order valence-electron chi connectivity index (χ0n) is 11.2. The number of hydrogen-bond donors (Lipinski definition) is 1. The quantitative estimate of drug-likeness (QED) is 0.767. The van der Waals surface area contributed by atoms with Crippen LogP contribution >= 0.6 is 0 Å². The van der Waals surface area contributed by atoms with Crippen LogP contribution in [0.5, 0.6) is 0 Å². The topological polar surface area (TPSA) is 35.2 Å². The Hall–Kier alpha value is 0.137. The molecule has 0 aromatic carbocycles. The van der Waals surface area contributed by atoms with Gasteiger partial charge in [-0.15, -0.1) is 0 Å². The van der Waals surface area contributed by atoms with Crippen LogP contribution < -0.4 is 5.40 Å². The highest BCUT2D eigenvalue weighted by Crippen LogP contribution is 2.39. The van der Waals surface area contributed by atoms with Gasteiger partial charge < -0.3 is 9.83 Å².